The lowest BCUT2D eigenvalue weighted by Gasteiger charge is -2.23. The number of furan rings is 1. The minimum absolute atomic E-state index is 0.240. The Morgan fingerprint density at radius 3 is 2.64 bits per heavy atom. The van der Waals surface area contributed by atoms with Gasteiger partial charge < -0.3 is 18.6 Å². The molecule has 2 aromatic heterocycles. The molecule has 0 N–H and O–H groups in total. The molecule has 0 unspecified atom stereocenters. The van der Waals surface area contributed by atoms with Gasteiger partial charge in [0.05, 0.1) is 36.5 Å². The fourth-order valence-corrected chi connectivity index (χ4v) is 4.79. The summed E-state index contributed by atoms with van der Waals surface area (Å²) in [7, 11) is 1.30. The van der Waals surface area contributed by atoms with Crippen LogP contribution in [-0.4, -0.2) is 30.9 Å². The number of aromatic nitrogens is 1. The number of methoxy groups -OCH3 is 1. The van der Waals surface area contributed by atoms with Crippen LogP contribution in [-0.2, 0) is 9.53 Å². The number of hydrogen-bond donors (Lipinski definition) is 0. The van der Waals surface area contributed by atoms with Crippen LogP contribution in [0.15, 0.2) is 61.0 Å². The van der Waals surface area contributed by atoms with Gasteiger partial charge in [-0.1, -0.05) is 17.4 Å². The zero-order valence-electron chi connectivity index (χ0n) is 18.2. The van der Waals surface area contributed by atoms with E-state index < -0.39 is 12.0 Å². The number of esters is 1. The molecule has 0 amide bonds. The summed E-state index contributed by atoms with van der Waals surface area (Å²) in [6, 6.07) is 8.11. The number of halogens is 1. The van der Waals surface area contributed by atoms with Gasteiger partial charge in [0.15, 0.2) is 21.0 Å². The van der Waals surface area contributed by atoms with Crippen molar-refractivity contribution >= 4 is 39.3 Å². The standard InChI is InChI=1S/C23H21BrN2O6S/c1-4-30-16-8-6-13(10-17(16)31-5-2)20-15(22(28)29-3)12-25-23-26(20)21(27)18(33-23)11-14-7-9-19(24)32-14/h6-12,20H,4-5H2,1-3H3/b18-11-/t20-/m1/s1. The van der Waals surface area contributed by atoms with Crippen LogP contribution in [0.3, 0.4) is 0 Å². The third-order valence-corrected chi connectivity index (χ3v) is 6.30. The highest BCUT2D eigenvalue weighted by atomic mass is 79.9. The van der Waals surface area contributed by atoms with E-state index in [1.807, 2.05) is 13.8 Å². The second kappa shape index (κ2) is 9.80. The number of fused-ring (bicyclic) bond motifs is 1. The van der Waals surface area contributed by atoms with Crippen molar-refractivity contribution in [3.8, 4) is 11.5 Å². The third-order valence-electron chi connectivity index (χ3n) is 4.88. The number of benzene rings is 1. The van der Waals surface area contributed by atoms with Crippen LogP contribution in [0.5, 0.6) is 11.5 Å². The summed E-state index contributed by atoms with van der Waals surface area (Å²) in [6.45, 7) is 4.67. The quantitative estimate of drug-likeness (QED) is 0.434. The average Bonchev–Trinajstić information content (AvgIpc) is 3.36. The van der Waals surface area contributed by atoms with Crippen molar-refractivity contribution in [2.75, 3.05) is 20.3 Å². The molecule has 3 aromatic rings. The molecule has 1 aromatic carbocycles. The normalized spacial score (nSPS) is 15.5. The van der Waals surface area contributed by atoms with Gasteiger partial charge in [0.2, 0.25) is 0 Å². The number of ether oxygens (including phenoxy) is 3. The lowest BCUT2D eigenvalue weighted by Crippen LogP contribution is -2.39. The largest absolute Gasteiger partial charge is 0.490 e. The Morgan fingerprint density at radius 1 is 1.21 bits per heavy atom. The molecule has 0 radical (unpaired) electrons. The van der Waals surface area contributed by atoms with Gasteiger partial charge in [-0.15, -0.1) is 0 Å². The van der Waals surface area contributed by atoms with Gasteiger partial charge >= 0.3 is 5.97 Å². The predicted octanol–water partition coefficient (Wildman–Crippen LogP) is 3.17. The molecule has 172 valence electrons. The van der Waals surface area contributed by atoms with E-state index in [0.29, 0.717) is 50.0 Å². The van der Waals surface area contributed by atoms with Crippen molar-refractivity contribution in [1.29, 1.82) is 0 Å². The molecular formula is C23H21BrN2O6S. The highest BCUT2D eigenvalue weighted by Gasteiger charge is 2.31. The molecule has 0 fully saturated rings. The van der Waals surface area contributed by atoms with Crippen LogP contribution in [0.1, 0.15) is 31.2 Å². The van der Waals surface area contributed by atoms with Crippen LogP contribution in [0.25, 0.3) is 6.08 Å². The van der Waals surface area contributed by atoms with Crippen molar-refractivity contribution < 1.29 is 23.4 Å². The summed E-state index contributed by atoms with van der Waals surface area (Å²) in [4.78, 5) is 30.9. The van der Waals surface area contributed by atoms with Gasteiger partial charge in [-0.3, -0.25) is 9.36 Å². The van der Waals surface area contributed by atoms with E-state index >= 15 is 0 Å². The molecule has 3 heterocycles. The highest BCUT2D eigenvalue weighted by molar-refractivity contribution is 9.10. The Kier molecular flexibility index (Phi) is 6.85. The minimum Gasteiger partial charge on any atom is -0.490 e. The number of carbonyl (C=O) groups excluding carboxylic acids is 1. The first-order valence-corrected chi connectivity index (χ1v) is 11.8. The fraction of sp³-hybridized carbons (Fsp3) is 0.261. The predicted molar refractivity (Wildman–Crippen MR) is 126 cm³/mol. The fourth-order valence-electron chi connectivity index (χ4n) is 3.52. The maximum Gasteiger partial charge on any atom is 0.337 e. The molecule has 33 heavy (non-hydrogen) atoms. The Balaban J connectivity index is 1.90. The van der Waals surface area contributed by atoms with Crippen LogP contribution in [0, 0.1) is 0 Å². The lowest BCUT2D eigenvalue weighted by atomic mass is 9.97. The molecular weight excluding hydrogens is 512 g/mol. The van der Waals surface area contributed by atoms with Crippen molar-refractivity contribution in [2.45, 2.75) is 19.9 Å². The summed E-state index contributed by atoms with van der Waals surface area (Å²) in [5.74, 6) is 1.07. The van der Waals surface area contributed by atoms with Gasteiger partial charge in [0.1, 0.15) is 5.76 Å². The number of carbonyl (C=O) groups is 1. The van der Waals surface area contributed by atoms with E-state index in [0.717, 1.165) is 0 Å². The first-order chi connectivity index (χ1) is 16.0. The number of hydrogen-bond acceptors (Lipinski definition) is 8. The first kappa shape index (κ1) is 23.1. The molecule has 1 aliphatic heterocycles. The molecule has 1 aliphatic rings. The number of rotatable bonds is 7. The molecule has 0 aliphatic carbocycles. The monoisotopic (exact) mass is 532 g/mol. The Bertz CT molecular complexity index is 1400. The maximum absolute atomic E-state index is 13.4. The second-order valence-electron chi connectivity index (χ2n) is 6.89. The lowest BCUT2D eigenvalue weighted by molar-refractivity contribution is -0.136. The molecule has 1 atom stereocenters. The van der Waals surface area contributed by atoms with Gasteiger partial charge in [-0.25, -0.2) is 9.79 Å². The SMILES string of the molecule is CCOc1ccc([C@@H]2C(C(=O)OC)=CN=c3s/c(=C\c4ccc(Br)o4)c(=O)n32)cc1OCC. The van der Waals surface area contributed by atoms with Crippen molar-refractivity contribution in [3.63, 3.8) is 0 Å². The third kappa shape index (κ3) is 4.53. The molecule has 0 bridgehead atoms. The van der Waals surface area contributed by atoms with Crippen molar-refractivity contribution in [1.82, 2.24) is 4.57 Å². The van der Waals surface area contributed by atoms with Gasteiger partial charge in [-0.2, -0.15) is 0 Å². The Hall–Kier alpha value is -3.11. The second-order valence-corrected chi connectivity index (χ2v) is 8.68. The van der Waals surface area contributed by atoms with Crippen LogP contribution in [0.2, 0.25) is 0 Å². The molecule has 8 nitrogen and oxygen atoms in total. The van der Waals surface area contributed by atoms with Crippen LogP contribution >= 0.6 is 27.3 Å². The topological polar surface area (TPSA) is 92.3 Å². The highest BCUT2D eigenvalue weighted by Crippen LogP contribution is 2.35. The van der Waals surface area contributed by atoms with Gasteiger partial charge in [0.25, 0.3) is 5.56 Å². The zero-order valence-corrected chi connectivity index (χ0v) is 20.6. The molecule has 10 heteroatoms. The minimum atomic E-state index is -0.742. The summed E-state index contributed by atoms with van der Waals surface area (Å²) in [5, 5.41) is 0. The summed E-state index contributed by atoms with van der Waals surface area (Å²) in [6.07, 6.45) is 3.10. The van der Waals surface area contributed by atoms with E-state index in [1.165, 1.54) is 29.2 Å². The summed E-state index contributed by atoms with van der Waals surface area (Å²) < 4.78 is 24.4. The molecule has 0 saturated carbocycles. The van der Waals surface area contributed by atoms with Crippen molar-refractivity contribution in [2.24, 2.45) is 4.99 Å². The Labute approximate surface area is 201 Å². The molecule has 0 spiro atoms. The summed E-state index contributed by atoms with van der Waals surface area (Å²) >= 11 is 4.47. The summed E-state index contributed by atoms with van der Waals surface area (Å²) in [5.41, 5.74) is 0.614. The van der Waals surface area contributed by atoms with E-state index in [9.17, 15) is 9.59 Å². The van der Waals surface area contributed by atoms with E-state index in [-0.39, 0.29) is 11.1 Å². The van der Waals surface area contributed by atoms with E-state index in [1.54, 1.807) is 36.4 Å². The van der Waals surface area contributed by atoms with Crippen molar-refractivity contribution in [3.05, 3.63) is 77.8 Å². The average molecular weight is 533 g/mol. The molecule has 4 rings (SSSR count). The first-order valence-electron chi connectivity index (χ1n) is 10.2. The zero-order chi connectivity index (χ0) is 23.5. The van der Waals surface area contributed by atoms with Crippen LogP contribution in [0.4, 0.5) is 0 Å². The van der Waals surface area contributed by atoms with Gasteiger partial charge in [-0.05, 0) is 59.6 Å². The van der Waals surface area contributed by atoms with Gasteiger partial charge in [0, 0.05) is 12.3 Å². The maximum atomic E-state index is 13.4. The smallest absolute Gasteiger partial charge is 0.337 e. The number of thiazole rings is 1. The van der Waals surface area contributed by atoms with E-state index in [4.69, 9.17) is 18.6 Å². The molecule has 0 saturated heterocycles. The van der Waals surface area contributed by atoms with E-state index in [2.05, 4.69) is 20.9 Å². The Morgan fingerprint density at radius 2 is 1.97 bits per heavy atom. The number of nitrogens with zero attached hydrogens (tertiary/aromatic N) is 2. The van der Waals surface area contributed by atoms with Crippen LogP contribution < -0.4 is 24.4 Å².